The topological polar surface area (TPSA) is 0 Å². The second kappa shape index (κ2) is 8.52. The Balaban J connectivity index is 3.70. The zero-order chi connectivity index (χ0) is 11.7. The maximum atomic E-state index is 2.37. The summed E-state index contributed by atoms with van der Waals surface area (Å²) in [5.41, 5.74) is 4.37. The van der Waals surface area contributed by atoms with Gasteiger partial charge in [-0.3, -0.25) is 0 Å². The lowest BCUT2D eigenvalue weighted by Gasteiger charge is -1.98. The fourth-order valence-corrected chi connectivity index (χ4v) is 1.39. The minimum atomic E-state index is 1.18. The molecule has 0 aromatic carbocycles. The summed E-state index contributed by atoms with van der Waals surface area (Å²) in [6, 6.07) is 0. The fraction of sp³-hybridized carbons (Fsp3) is 0.600. The summed E-state index contributed by atoms with van der Waals surface area (Å²) < 4.78 is 0. The van der Waals surface area contributed by atoms with Crippen LogP contribution in [-0.4, -0.2) is 0 Å². The average Bonchev–Trinajstić information content (AvgIpc) is 2.11. The van der Waals surface area contributed by atoms with Crippen LogP contribution >= 0.6 is 0 Å². The van der Waals surface area contributed by atoms with E-state index >= 15 is 0 Å². The van der Waals surface area contributed by atoms with E-state index in [-0.39, 0.29) is 0 Å². The van der Waals surface area contributed by atoms with Crippen molar-refractivity contribution in [3.8, 4) is 0 Å². The molecule has 0 amide bonds. The van der Waals surface area contributed by atoms with E-state index in [0.717, 1.165) is 0 Å². The van der Waals surface area contributed by atoms with Crippen molar-refractivity contribution in [3.63, 3.8) is 0 Å². The molecule has 0 aliphatic heterocycles. The lowest BCUT2D eigenvalue weighted by molar-refractivity contribution is 0.934. The van der Waals surface area contributed by atoms with Crippen molar-refractivity contribution in [1.29, 1.82) is 0 Å². The molecule has 0 aromatic rings. The molecule has 0 aliphatic carbocycles. The van der Waals surface area contributed by atoms with Gasteiger partial charge in [-0.25, -0.2) is 0 Å². The van der Waals surface area contributed by atoms with Crippen LogP contribution in [0.15, 0.2) is 34.9 Å². The predicted molar refractivity (Wildman–Crippen MR) is 71.1 cm³/mol. The molecule has 0 N–H and O–H groups in total. The fourth-order valence-electron chi connectivity index (χ4n) is 1.39. The number of hydrogen-bond donors (Lipinski definition) is 0. The van der Waals surface area contributed by atoms with Crippen molar-refractivity contribution < 1.29 is 0 Å². The summed E-state index contributed by atoms with van der Waals surface area (Å²) in [6.07, 6.45) is 11.8. The Bertz CT molecular complexity index is 243. The highest BCUT2D eigenvalue weighted by molar-refractivity contribution is 5.03. The van der Waals surface area contributed by atoms with E-state index in [0.29, 0.717) is 0 Å². The Kier molecular flexibility index (Phi) is 8.08. The molecule has 0 heterocycles. The van der Waals surface area contributed by atoms with Crippen LogP contribution < -0.4 is 0 Å². The van der Waals surface area contributed by atoms with E-state index in [1.807, 2.05) is 0 Å². The van der Waals surface area contributed by atoms with Crippen LogP contribution in [0.5, 0.6) is 0 Å². The molecule has 0 nitrogen and oxygen atoms in total. The molecule has 0 atom stereocenters. The van der Waals surface area contributed by atoms with Gasteiger partial charge in [-0.1, -0.05) is 34.9 Å². The number of rotatable bonds is 6. The summed E-state index contributed by atoms with van der Waals surface area (Å²) in [5, 5.41) is 0. The van der Waals surface area contributed by atoms with Gasteiger partial charge in [-0.05, 0) is 60.3 Å². The Morgan fingerprint density at radius 3 is 1.67 bits per heavy atom. The summed E-state index contributed by atoms with van der Waals surface area (Å²) in [6.45, 7) is 10.9. The van der Waals surface area contributed by atoms with Crippen LogP contribution in [0.25, 0.3) is 0 Å². The summed E-state index contributed by atoms with van der Waals surface area (Å²) in [7, 11) is 0. The van der Waals surface area contributed by atoms with Crippen LogP contribution in [0.4, 0.5) is 0 Å². The number of hydrogen-bond acceptors (Lipinski definition) is 0. The summed E-state index contributed by atoms with van der Waals surface area (Å²) in [4.78, 5) is 0. The number of allylic oxidation sites excluding steroid dienone is 6. The van der Waals surface area contributed by atoms with Crippen molar-refractivity contribution >= 4 is 0 Å². The molecule has 0 heteroatoms. The van der Waals surface area contributed by atoms with Gasteiger partial charge in [-0.2, -0.15) is 0 Å². The van der Waals surface area contributed by atoms with E-state index < -0.39 is 0 Å². The SMILES string of the molecule is CC(C)=CCC/C=C(\C)CCC=C(C)C. The third-order valence-corrected chi connectivity index (χ3v) is 2.30. The van der Waals surface area contributed by atoms with Gasteiger partial charge in [0.05, 0.1) is 0 Å². The van der Waals surface area contributed by atoms with E-state index in [1.165, 1.54) is 42.4 Å². The van der Waals surface area contributed by atoms with Gasteiger partial charge in [0.25, 0.3) is 0 Å². The van der Waals surface area contributed by atoms with Gasteiger partial charge < -0.3 is 0 Å². The molecule has 0 unspecified atom stereocenters. The first-order chi connectivity index (χ1) is 7.02. The normalized spacial score (nSPS) is 11.1. The Hall–Kier alpha value is -0.780. The monoisotopic (exact) mass is 206 g/mol. The highest BCUT2D eigenvalue weighted by atomic mass is 13.9. The van der Waals surface area contributed by atoms with E-state index in [4.69, 9.17) is 0 Å². The van der Waals surface area contributed by atoms with E-state index in [2.05, 4.69) is 52.8 Å². The standard InChI is InChI=1S/C15H26/c1-13(2)9-6-7-11-15(5)12-8-10-14(3)4/h9-11H,6-8,12H2,1-5H3/b15-11+. The van der Waals surface area contributed by atoms with E-state index in [9.17, 15) is 0 Å². The molecule has 0 aromatic heterocycles. The lowest BCUT2D eigenvalue weighted by atomic mass is 10.1. The molecule has 0 spiro atoms. The second-order valence-electron chi connectivity index (χ2n) is 4.73. The quantitative estimate of drug-likeness (QED) is 0.402. The first-order valence-electron chi connectivity index (χ1n) is 5.94. The van der Waals surface area contributed by atoms with Gasteiger partial charge in [0.1, 0.15) is 0 Å². The molecule has 0 saturated carbocycles. The third-order valence-electron chi connectivity index (χ3n) is 2.30. The maximum absolute atomic E-state index is 2.37. The predicted octanol–water partition coefficient (Wildman–Crippen LogP) is 5.43. The Labute approximate surface area is 95.8 Å². The minimum Gasteiger partial charge on any atom is -0.0856 e. The zero-order valence-corrected chi connectivity index (χ0v) is 11.1. The van der Waals surface area contributed by atoms with Crippen LogP contribution in [0.3, 0.4) is 0 Å². The third kappa shape index (κ3) is 11.1. The Morgan fingerprint density at radius 1 is 0.667 bits per heavy atom. The van der Waals surface area contributed by atoms with E-state index in [1.54, 1.807) is 0 Å². The van der Waals surface area contributed by atoms with Gasteiger partial charge >= 0.3 is 0 Å². The minimum absolute atomic E-state index is 1.18. The molecule has 0 saturated heterocycles. The highest BCUT2D eigenvalue weighted by Gasteiger charge is 1.88. The number of unbranched alkanes of at least 4 members (excludes halogenated alkanes) is 1. The maximum Gasteiger partial charge on any atom is -0.0288 e. The van der Waals surface area contributed by atoms with Crippen molar-refractivity contribution in [2.75, 3.05) is 0 Å². The lowest BCUT2D eigenvalue weighted by Crippen LogP contribution is -1.78. The average molecular weight is 206 g/mol. The van der Waals surface area contributed by atoms with Gasteiger partial charge in [0.2, 0.25) is 0 Å². The Morgan fingerprint density at radius 2 is 1.13 bits per heavy atom. The first kappa shape index (κ1) is 14.2. The van der Waals surface area contributed by atoms with Crippen LogP contribution in [0, 0.1) is 0 Å². The molecular formula is C15H26. The van der Waals surface area contributed by atoms with Gasteiger partial charge in [0, 0.05) is 0 Å². The van der Waals surface area contributed by atoms with Gasteiger partial charge in [0.15, 0.2) is 0 Å². The molecule has 0 rings (SSSR count). The highest BCUT2D eigenvalue weighted by Crippen LogP contribution is 2.09. The van der Waals surface area contributed by atoms with Crippen LogP contribution in [0.2, 0.25) is 0 Å². The molecule has 15 heavy (non-hydrogen) atoms. The summed E-state index contributed by atoms with van der Waals surface area (Å²) >= 11 is 0. The van der Waals surface area contributed by atoms with Crippen LogP contribution in [0.1, 0.15) is 60.3 Å². The molecule has 0 aliphatic rings. The van der Waals surface area contributed by atoms with Crippen molar-refractivity contribution in [3.05, 3.63) is 34.9 Å². The van der Waals surface area contributed by atoms with Crippen molar-refractivity contribution in [2.45, 2.75) is 60.3 Å². The first-order valence-corrected chi connectivity index (χ1v) is 5.94. The molecule has 0 bridgehead atoms. The van der Waals surface area contributed by atoms with Crippen molar-refractivity contribution in [1.82, 2.24) is 0 Å². The van der Waals surface area contributed by atoms with Crippen LogP contribution in [-0.2, 0) is 0 Å². The summed E-state index contributed by atoms with van der Waals surface area (Å²) in [5.74, 6) is 0. The molecule has 86 valence electrons. The molecule has 0 radical (unpaired) electrons. The molecule has 0 fully saturated rings. The van der Waals surface area contributed by atoms with Gasteiger partial charge in [-0.15, -0.1) is 0 Å². The second-order valence-corrected chi connectivity index (χ2v) is 4.73. The largest absolute Gasteiger partial charge is 0.0856 e. The molecular weight excluding hydrogens is 180 g/mol. The van der Waals surface area contributed by atoms with Crippen molar-refractivity contribution in [2.24, 2.45) is 0 Å². The zero-order valence-electron chi connectivity index (χ0n) is 11.1. The smallest absolute Gasteiger partial charge is 0.0288 e.